The Morgan fingerprint density at radius 1 is 1.17 bits per heavy atom. The van der Waals surface area contributed by atoms with Gasteiger partial charge in [0.05, 0.1) is 12.8 Å². The van der Waals surface area contributed by atoms with E-state index < -0.39 is 64.5 Å². The van der Waals surface area contributed by atoms with Crippen molar-refractivity contribution in [2.24, 2.45) is 5.73 Å². The minimum Gasteiger partial charge on any atom is -0.481 e. The monoisotopic (exact) mass is 352 g/mol. The summed E-state index contributed by atoms with van der Waals surface area (Å²) in [6.07, 6.45) is -1.09. The molecule has 5 N–H and O–H groups in total. The van der Waals surface area contributed by atoms with Crippen LogP contribution in [0.15, 0.2) is 12.7 Å². The summed E-state index contributed by atoms with van der Waals surface area (Å²) in [5, 5.41) is 15.4. The zero-order chi connectivity index (χ0) is 18.4. The Kier molecular flexibility index (Phi) is 7.35. The van der Waals surface area contributed by atoms with Crippen molar-refractivity contribution < 1.29 is 42.4 Å². The summed E-state index contributed by atoms with van der Waals surface area (Å²) in [5.41, 5.74) is 4.80. The number of nitrogens with two attached hydrogens (primary N) is 1. The van der Waals surface area contributed by atoms with Gasteiger partial charge in [-0.3, -0.25) is 18.9 Å². The Balaban J connectivity index is 5.82. The number of amides is 2. The van der Waals surface area contributed by atoms with Gasteiger partial charge in [-0.1, -0.05) is 6.08 Å². The predicted octanol–water partition coefficient (Wildman–Crippen LogP) is -1.94. The van der Waals surface area contributed by atoms with E-state index in [9.17, 15) is 27.6 Å². The largest absolute Gasteiger partial charge is 0.481 e. The van der Waals surface area contributed by atoms with Crippen LogP contribution in [0.1, 0.15) is 12.8 Å². The van der Waals surface area contributed by atoms with Crippen molar-refractivity contribution in [3.8, 4) is 0 Å². The molecule has 11 nitrogen and oxygen atoms in total. The molecule has 0 spiro atoms. The molecular weight excluding hydrogens is 336 g/mol. The SMILES string of the molecule is C=CCN(C(=O)C(CC(N)=O)S(=O)(=O)O)C(CC(=O)O)C(=O)O. The third kappa shape index (κ3) is 6.44. The molecule has 0 aromatic rings. The Bertz CT molecular complexity index is 613. The number of carboxylic acid groups (broad SMARTS) is 2. The minimum atomic E-state index is -5.08. The summed E-state index contributed by atoms with van der Waals surface area (Å²) in [6.45, 7) is 2.73. The van der Waals surface area contributed by atoms with Gasteiger partial charge in [0.25, 0.3) is 10.1 Å². The van der Waals surface area contributed by atoms with Crippen molar-refractivity contribution in [3.63, 3.8) is 0 Å². The van der Waals surface area contributed by atoms with Crippen LogP contribution < -0.4 is 5.73 Å². The van der Waals surface area contributed by atoms with Crippen LogP contribution in [0, 0.1) is 0 Å². The van der Waals surface area contributed by atoms with Gasteiger partial charge in [-0.15, -0.1) is 6.58 Å². The molecule has 0 radical (unpaired) electrons. The van der Waals surface area contributed by atoms with Crippen LogP contribution in [0.3, 0.4) is 0 Å². The molecule has 0 rings (SSSR count). The highest BCUT2D eigenvalue weighted by Gasteiger charge is 2.40. The Hall–Kier alpha value is -2.47. The van der Waals surface area contributed by atoms with Gasteiger partial charge in [-0.2, -0.15) is 8.42 Å². The maximum absolute atomic E-state index is 12.2. The summed E-state index contributed by atoms with van der Waals surface area (Å²) in [4.78, 5) is 45.3. The van der Waals surface area contributed by atoms with Gasteiger partial charge in [0.2, 0.25) is 11.8 Å². The van der Waals surface area contributed by atoms with Crippen molar-refractivity contribution in [1.82, 2.24) is 4.90 Å². The Labute approximate surface area is 131 Å². The second-order valence-corrected chi connectivity index (χ2v) is 6.00. The van der Waals surface area contributed by atoms with Gasteiger partial charge >= 0.3 is 11.9 Å². The number of primary amides is 1. The van der Waals surface area contributed by atoms with Crippen LogP contribution >= 0.6 is 0 Å². The molecule has 130 valence electrons. The first-order chi connectivity index (χ1) is 10.4. The number of aliphatic carboxylic acids is 2. The van der Waals surface area contributed by atoms with Gasteiger partial charge in [-0.25, -0.2) is 4.79 Å². The van der Waals surface area contributed by atoms with Crippen LogP contribution in [-0.2, 0) is 29.3 Å². The standard InChI is InChI=1S/C11H16N2O9S/c1-2-3-13(6(11(18)19)4-9(15)16)10(17)7(5-8(12)14)23(20,21)22/h2,6-7H,1,3-5H2,(H2,12,14)(H,15,16)(H,18,19)(H,20,21,22). The summed E-state index contributed by atoms with van der Waals surface area (Å²) >= 11 is 0. The van der Waals surface area contributed by atoms with Gasteiger partial charge in [-0.05, 0) is 0 Å². The second-order valence-electron chi connectivity index (χ2n) is 4.41. The molecule has 0 aliphatic heterocycles. The van der Waals surface area contributed by atoms with Crippen molar-refractivity contribution in [2.75, 3.05) is 6.54 Å². The molecule has 23 heavy (non-hydrogen) atoms. The highest BCUT2D eigenvalue weighted by molar-refractivity contribution is 7.87. The number of carbonyl (C=O) groups is 4. The van der Waals surface area contributed by atoms with E-state index in [1.165, 1.54) is 0 Å². The molecule has 2 unspecified atom stereocenters. The summed E-state index contributed by atoms with van der Waals surface area (Å²) < 4.78 is 31.5. The number of hydrogen-bond donors (Lipinski definition) is 4. The zero-order valence-electron chi connectivity index (χ0n) is 11.8. The first kappa shape index (κ1) is 20.5. The lowest BCUT2D eigenvalue weighted by atomic mass is 10.1. The first-order valence-electron chi connectivity index (χ1n) is 6.02. The van der Waals surface area contributed by atoms with E-state index in [1.54, 1.807) is 0 Å². The minimum absolute atomic E-state index is 0.380. The summed E-state index contributed by atoms with van der Waals surface area (Å²) in [7, 11) is -5.08. The molecule has 0 saturated heterocycles. The molecule has 0 aliphatic rings. The van der Waals surface area contributed by atoms with Crippen molar-refractivity contribution >= 4 is 33.9 Å². The molecule has 0 fully saturated rings. The van der Waals surface area contributed by atoms with E-state index in [1.807, 2.05) is 0 Å². The fraction of sp³-hybridized carbons (Fsp3) is 0.455. The van der Waals surface area contributed by atoms with Crippen molar-refractivity contribution in [3.05, 3.63) is 12.7 Å². The van der Waals surface area contributed by atoms with Crippen molar-refractivity contribution in [2.45, 2.75) is 24.1 Å². The lowest BCUT2D eigenvalue weighted by molar-refractivity contribution is -0.154. The lowest BCUT2D eigenvalue weighted by Crippen LogP contribution is -2.52. The fourth-order valence-electron chi connectivity index (χ4n) is 1.69. The van der Waals surface area contributed by atoms with E-state index in [-0.39, 0.29) is 0 Å². The average molecular weight is 352 g/mol. The van der Waals surface area contributed by atoms with Gasteiger partial charge in [0.1, 0.15) is 6.04 Å². The molecule has 0 aromatic carbocycles. The Morgan fingerprint density at radius 3 is 2.00 bits per heavy atom. The normalized spacial score (nSPS) is 13.6. The fourth-order valence-corrected chi connectivity index (χ4v) is 2.46. The average Bonchev–Trinajstić information content (AvgIpc) is 2.37. The molecule has 0 bridgehead atoms. The lowest BCUT2D eigenvalue weighted by Gasteiger charge is -2.29. The maximum atomic E-state index is 12.2. The van der Waals surface area contributed by atoms with E-state index >= 15 is 0 Å². The molecular formula is C11H16N2O9S. The molecule has 0 heterocycles. The van der Waals surface area contributed by atoms with Gasteiger partial charge in [0.15, 0.2) is 5.25 Å². The highest BCUT2D eigenvalue weighted by Crippen LogP contribution is 2.14. The zero-order valence-corrected chi connectivity index (χ0v) is 12.6. The third-order valence-electron chi connectivity index (χ3n) is 2.66. The molecule has 2 atom stereocenters. The van der Waals surface area contributed by atoms with Crippen LogP contribution in [0.25, 0.3) is 0 Å². The summed E-state index contributed by atoms with van der Waals surface area (Å²) in [6, 6.07) is -1.92. The van der Waals surface area contributed by atoms with Crippen LogP contribution in [-0.4, -0.2) is 69.7 Å². The predicted molar refractivity (Wildman–Crippen MR) is 74.7 cm³/mol. The molecule has 0 saturated carbocycles. The van der Waals surface area contributed by atoms with Gasteiger partial charge in [0, 0.05) is 6.54 Å². The van der Waals surface area contributed by atoms with Crippen LogP contribution in [0.5, 0.6) is 0 Å². The third-order valence-corrected chi connectivity index (χ3v) is 3.75. The highest BCUT2D eigenvalue weighted by atomic mass is 32.2. The smallest absolute Gasteiger partial charge is 0.327 e. The second kappa shape index (κ2) is 8.24. The molecule has 2 amide bonds. The van der Waals surface area contributed by atoms with Crippen molar-refractivity contribution in [1.29, 1.82) is 0 Å². The maximum Gasteiger partial charge on any atom is 0.327 e. The first-order valence-corrected chi connectivity index (χ1v) is 7.52. The van der Waals surface area contributed by atoms with Gasteiger partial charge < -0.3 is 20.8 Å². The molecule has 0 aliphatic carbocycles. The number of rotatable bonds is 10. The Morgan fingerprint density at radius 2 is 1.70 bits per heavy atom. The molecule has 0 aromatic heterocycles. The van der Waals surface area contributed by atoms with Crippen LogP contribution in [0.2, 0.25) is 0 Å². The van der Waals surface area contributed by atoms with E-state index in [0.717, 1.165) is 6.08 Å². The quantitative estimate of drug-likeness (QED) is 0.255. The number of nitrogens with zero attached hydrogens (tertiary/aromatic N) is 1. The number of hydrogen-bond acceptors (Lipinski definition) is 6. The molecule has 12 heteroatoms. The van der Waals surface area contributed by atoms with E-state index in [0.29, 0.717) is 4.90 Å². The number of carboxylic acids is 2. The van der Waals surface area contributed by atoms with E-state index in [2.05, 4.69) is 6.58 Å². The topological polar surface area (TPSA) is 192 Å². The van der Waals surface area contributed by atoms with Crippen LogP contribution in [0.4, 0.5) is 0 Å². The van der Waals surface area contributed by atoms with E-state index in [4.69, 9.17) is 20.5 Å². The summed E-state index contributed by atoms with van der Waals surface area (Å²) in [5.74, 6) is -5.97. The number of carbonyl (C=O) groups excluding carboxylic acids is 2.